The fraction of sp³-hybridized carbons (Fsp3) is 0.600. The Labute approximate surface area is 108 Å². The van der Waals surface area contributed by atoms with Crippen LogP contribution in [0.4, 0.5) is 0 Å². The van der Waals surface area contributed by atoms with E-state index in [-0.39, 0.29) is 9.52 Å². The van der Waals surface area contributed by atoms with Gasteiger partial charge in [-0.05, 0) is 63.1 Å². The molecule has 1 aromatic rings. The van der Waals surface area contributed by atoms with E-state index in [1.165, 1.54) is 55.7 Å². The number of benzene rings is 1. The van der Waals surface area contributed by atoms with Crippen molar-refractivity contribution in [1.29, 1.82) is 0 Å². The monoisotopic (exact) mass is 247 g/mol. The second-order valence-corrected chi connectivity index (χ2v) is 7.09. The quantitative estimate of drug-likeness (QED) is 0.739. The largest absolute Gasteiger partial charge is 0.307 e. The highest BCUT2D eigenvalue weighted by molar-refractivity contribution is 6.35. The van der Waals surface area contributed by atoms with E-state index >= 15 is 0 Å². The number of piperidine rings is 1. The minimum Gasteiger partial charge on any atom is -0.307 e. The van der Waals surface area contributed by atoms with E-state index in [1.807, 2.05) is 0 Å². The second-order valence-electron chi connectivity index (χ2n) is 5.44. The van der Waals surface area contributed by atoms with Crippen LogP contribution in [0, 0.1) is 13.8 Å². The van der Waals surface area contributed by atoms with Crippen molar-refractivity contribution >= 4 is 9.52 Å². The summed E-state index contributed by atoms with van der Waals surface area (Å²) >= 11 is 0. The lowest BCUT2D eigenvalue weighted by atomic mass is 10.1. The van der Waals surface area contributed by atoms with Gasteiger partial charge in [-0.3, -0.25) is 0 Å². The van der Waals surface area contributed by atoms with Gasteiger partial charge in [-0.1, -0.05) is 30.2 Å². The van der Waals surface area contributed by atoms with Gasteiger partial charge in [0, 0.05) is 9.52 Å². The summed E-state index contributed by atoms with van der Waals surface area (Å²) in [5, 5.41) is 0. The van der Waals surface area contributed by atoms with Crippen LogP contribution in [0.2, 0.25) is 0 Å². The highest BCUT2D eigenvalue weighted by Gasteiger charge is 2.09. The van der Waals surface area contributed by atoms with E-state index in [0.29, 0.717) is 0 Å². The Balaban J connectivity index is 1.77. The summed E-state index contributed by atoms with van der Waals surface area (Å²) in [6.45, 7) is 7.17. The second kappa shape index (κ2) is 6.36. The molecule has 94 valence electrons. The van der Waals surface area contributed by atoms with Gasteiger partial charge in [-0.15, -0.1) is 0 Å². The molecule has 0 saturated carbocycles. The average Bonchev–Trinajstić information content (AvgIpc) is 2.33. The molecule has 0 spiro atoms. The van der Waals surface area contributed by atoms with Crippen LogP contribution in [-0.4, -0.2) is 33.7 Å². The van der Waals surface area contributed by atoms with Crippen LogP contribution in [0.5, 0.6) is 0 Å². The van der Waals surface area contributed by atoms with Gasteiger partial charge in [0.25, 0.3) is 0 Å². The lowest BCUT2D eigenvalue weighted by Crippen LogP contribution is -2.33. The molecule has 0 bridgehead atoms. The Kier molecular flexibility index (Phi) is 4.81. The molecule has 1 heterocycles. The maximum atomic E-state index is 2.69. The molecular formula is C15H25NSi. The molecule has 0 aliphatic carbocycles. The zero-order valence-electron chi connectivity index (χ0n) is 11.3. The van der Waals surface area contributed by atoms with Crippen molar-refractivity contribution in [1.82, 2.24) is 4.90 Å². The molecule has 0 unspecified atom stereocenters. The molecule has 2 rings (SSSR count). The van der Waals surface area contributed by atoms with E-state index in [4.69, 9.17) is 0 Å². The molecule has 2 heteroatoms. The Hall–Kier alpha value is -0.603. The molecular weight excluding hydrogens is 222 g/mol. The third-order valence-electron chi connectivity index (χ3n) is 3.87. The molecule has 17 heavy (non-hydrogen) atoms. The van der Waals surface area contributed by atoms with E-state index in [0.717, 1.165) is 0 Å². The van der Waals surface area contributed by atoms with E-state index < -0.39 is 0 Å². The number of likely N-dealkylation sites (tertiary alicyclic amines) is 1. The first-order valence-corrected chi connectivity index (χ1v) is 9.04. The molecule has 1 aliphatic rings. The van der Waals surface area contributed by atoms with Crippen LogP contribution in [0.15, 0.2) is 18.2 Å². The summed E-state index contributed by atoms with van der Waals surface area (Å²) in [4.78, 5) is 2.69. The van der Waals surface area contributed by atoms with Crippen LogP contribution in [0.1, 0.15) is 36.0 Å². The number of nitrogens with zero attached hydrogens (tertiary/aromatic N) is 1. The highest BCUT2D eigenvalue weighted by atomic mass is 28.2. The van der Waals surface area contributed by atoms with Crippen molar-refractivity contribution in [3.05, 3.63) is 34.9 Å². The molecule has 0 atom stereocenters. The third-order valence-corrected chi connectivity index (χ3v) is 5.71. The summed E-state index contributed by atoms with van der Waals surface area (Å²) < 4.78 is 0. The summed E-state index contributed by atoms with van der Waals surface area (Å²) in [7, 11) is 0.0604. The van der Waals surface area contributed by atoms with Gasteiger partial charge in [-0.25, -0.2) is 0 Å². The van der Waals surface area contributed by atoms with Gasteiger partial charge < -0.3 is 4.90 Å². The lowest BCUT2D eigenvalue weighted by Gasteiger charge is -2.26. The first kappa shape index (κ1) is 12.8. The Morgan fingerprint density at radius 2 is 1.88 bits per heavy atom. The Morgan fingerprint density at radius 1 is 1.12 bits per heavy atom. The lowest BCUT2D eigenvalue weighted by molar-refractivity contribution is 0.262. The molecule has 0 amide bonds. The third kappa shape index (κ3) is 3.97. The topological polar surface area (TPSA) is 3.24 Å². The van der Waals surface area contributed by atoms with E-state index in [2.05, 4.69) is 36.9 Å². The van der Waals surface area contributed by atoms with Crippen LogP contribution < -0.4 is 0 Å². The van der Waals surface area contributed by atoms with Crippen LogP contribution in [-0.2, 0) is 6.04 Å². The highest BCUT2D eigenvalue weighted by Crippen LogP contribution is 2.11. The molecule has 1 nitrogen and oxygen atoms in total. The minimum atomic E-state index is 0.0604. The smallest absolute Gasteiger partial charge is 0.0415 e. The number of hydrogen-bond donors (Lipinski definition) is 0. The van der Waals surface area contributed by atoms with Gasteiger partial charge in [0.2, 0.25) is 0 Å². The van der Waals surface area contributed by atoms with Gasteiger partial charge in [-0.2, -0.15) is 0 Å². The van der Waals surface area contributed by atoms with Crippen molar-refractivity contribution < 1.29 is 0 Å². The van der Waals surface area contributed by atoms with Crippen LogP contribution in [0.3, 0.4) is 0 Å². The molecule has 1 aliphatic heterocycles. The molecule has 0 radical (unpaired) electrons. The average molecular weight is 247 g/mol. The normalized spacial score (nSPS) is 18.0. The van der Waals surface area contributed by atoms with Crippen LogP contribution >= 0.6 is 0 Å². The maximum Gasteiger partial charge on any atom is 0.0415 e. The summed E-state index contributed by atoms with van der Waals surface area (Å²) in [5.41, 5.74) is 4.49. The standard InChI is InChI=1S/C15H25NSi/c1-13-6-7-15(14(2)10-13)11-17-12-16-8-4-3-5-9-16/h6-7,10H,3-5,8-9,11-12,17H2,1-2H3. The molecule has 1 aromatic carbocycles. The van der Waals surface area contributed by atoms with Crippen molar-refractivity contribution in [3.63, 3.8) is 0 Å². The fourth-order valence-corrected chi connectivity index (χ4v) is 4.80. The Morgan fingerprint density at radius 3 is 2.59 bits per heavy atom. The fourth-order valence-electron chi connectivity index (χ4n) is 2.80. The first-order chi connectivity index (χ1) is 8.25. The van der Waals surface area contributed by atoms with Gasteiger partial charge in [0.15, 0.2) is 0 Å². The van der Waals surface area contributed by atoms with Crippen molar-refractivity contribution in [3.8, 4) is 0 Å². The van der Waals surface area contributed by atoms with E-state index in [9.17, 15) is 0 Å². The zero-order valence-corrected chi connectivity index (χ0v) is 12.8. The first-order valence-electron chi connectivity index (χ1n) is 7.04. The summed E-state index contributed by atoms with van der Waals surface area (Å²) in [6.07, 6.45) is 5.73. The van der Waals surface area contributed by atoms with Gasteiger partial charge in [0.1, 0.15) is 0 Å². The number of aryl methyl sites for hydroxylation is 2. The van der Waals surface area contributed by atoms with Crippen molar-refractivity contribution in [2.75, 3.05) is 19.3 Å². The maximum absolute atomic E-state index is 2.69. The summed E-state index contributed by atoms with van der Waals surface area (Å²) in [5.74, 6) is 0. The van der Waals surface area contributed by atoms with Gasteiger partial charge in [0.05, 0.1) is 0 Å². The SMILES string of the molecule is Cc1ccc(C[SiH2]CN2CCCCC2)c(C)c1. The number of rotatable bonds is 4. The Bertz CT molecular complexity index is 356. The summed E-state index contributed by atoms with van der Waals surface area (Å²) in [6, 6.07) is 8.30. The van der Waals surface area contributed by atoms with Gasteiger partial charge >= 0.3 is 0 Å². The molecule has 1 fully saturated rings. The minimum absolute atomic E-state index is 0.0604. The molecule has 1 saturated heterocycles. The van der Waals surface area contributed by atoms with E-state index in [1.54, 1.807) is 5.56 Å². The zero-order chi connectivity index (χ0) is 12.1. The number of hydrogen-bond acceptors (Lipinski definition) is 1. The molecule has 0 N–H and O–H groups in total. The van der Waals surface area contributed by atoms with Crippen LogP contribution in [0.25, 0.3) is 0 Å². The van der Waals surface area contributed by atoms with Crippen molar-refractivity contribution in [2.45, 2.75) is 39.2 Å². The molecule has 0 aromatic heterocycles. The predicted molar refractivity (Wildman–Crippen MR) is 78.5 cm³/mol. The van der Waals surface area contributed by atoms with Crippen molar-refractivity contribution in [2.24, 2.45) is 0 Å². The predicted octanol–water partition coefficient (Wildman–Crippen LogP) is 2.42.